The Morgan fingerprint density at radius 3 is 2.57 bits per heavy atom. The molecule has 0 spiro atoms. The van der Waals surface area contributed by atoms with Crippen molar-refractivity contribution >= 4 is 17.5 Å². The molecule has 0 radical (unpaired) electrons. The van der Waals surface area contributed by atoms with Crippen LogP contribution < -0.4 is 10.6 Å². The van der Waals surface area contributed by atoms with Crippen molar-refractivity contribution in [2.24, 2.45) is 0 Å². The van der Waals surface area contributed by atoms with Crippen LogP contribution in [0.1, 0.15) is 29.8 Å². The predicted molar refractivity (Wildman–Crippen MR) is 79.1 cm³/mol. The molecule has 2 amide bonds. The molecule has 0 aromatic heterocycles. The van der Waals surface area contributed by atoms with Gasteiger partial charge in [0.15, 0.2) is 0 Å². The predicted octanol–water partition coefficient (Wildman–Crippen LogP) is 2.10. The molecule has 1 fully saturated rings. The number of nitrogens with one attached hydrogen (secondary N) is 2. The molecule has 5 nitrogen and oxygen atoms in total. The Kier molecular flexibility index (Phi) is 4.93. The Bertz CT molecular complexity index is 616. The maximum absolute atomic E-state index is 13.0. The lowest BCUT2D eigenvalue weighted by Gasteiger charge is -2.32. The van der Waals surface area contributed by atoms with Gasteiger partial charge in [-0.3, -0.25) is 9.59 Å². The zero-order valence-electron chi connectivity index (χ0n) is 12.8. The second-order valence-electron chi connectivity index (χ2n) is 5.58. The summed E-state index contributed by atoms with van der Waals surface area (Å²) in [6.07, 6.45) is -4.60. The van der Waals surface area contributed by atoms with Gasteiger partial charge in [-0.15, -0.1) is 0 Å². The summed E-state index contributed by atoms with van der Waals surface area (Å²) in [6, 6.07) is 2.98. The molecule has 2 rings (SSSR count). The summed E-state index contributed by atoms with van der Waals surface area (Å²) in [7, 11) is 0. The molecule has 1 atom stereocenters. The normalized spacial score (nSPS) is 18.7. The second kappa shape index (κ2) is 6.57. The molecule has 23 heavy (non-hydrogen) atoms. The van der Waals surface area contributed by atoms with E-state index in [1.165, 1.54) is 17.9 Å². The molecule has 0 bridgehead atoms. The van der Waals surface area contributed by atoms with Gasteiger partial charge >= 0.3 is 6.18 Å². The molecular formula is C15H18F3N3O2. The van der Waals surface area contributed by atoms with Gasteiger partial charge in [0.05, 0.1) is 5.56 Å². The first-order chi connectivity index (χ1) is 10.7. The molecule has 1 aromatic rings. The summed E-state index contributed by atoms with van der Waals surface area (Å²) in [5.41, 5.74) is -1.09. The number of rotatable bonds is 2. The number of anilines is 1. The molecule has 2 N–H and O–H groups in total. The van der Waals surface area contributed by atoms with Crippen LogP contribution in [0, 0.1) is 0 Å². The summed E-state index contributed by atoms with van der Waals surface area (Å²) < 4.78 is 39.0. The number of benzene rings is 1. The topological polar surface area (TPSA) is 61.4 Å². The van der Waals surface area contributed by atoms with Crippen molar-refractivity contribution in [1.29, 1.82) is 0 Å². The van der Waals surface area contributed by atoms with Gasteiger partial charge in [-0.25, -0.2) is 0 Å². The van der Waals surface area contributed by atoms with Crippen LogP contribution in [0.2, 0.25) is 0 Å². The molecular weight excluding hydrogens is 311 g/mol. The summed E-state index contributed by atoms with van der Waals surface area (Å²) in [4.78, 5) is 25.1. The van der Waals surface area contributed by atoms with Gasteiger partial charge in [0, 0.05) is 43.9 Å². The van der Waals surface area contributed by atoms with E-state index >= 15 is 0 Å². The highest BCUT2D eigenvalue weighted by Gasteiger charge is 2.32. The van der Waals surface area contributed by atoms with Crippen molar-refractivity contribution in [3.8, 4) is 0 Å². The fourth-order valence-corrected chi connectivity index (χ4v) is 2.49. The number of carbonyl (C=O) groups is 2. The maximum Gasteiger partial charge on any atom is 0.416 e. The highest BCUT2D eigenvalue weighted by Crippen LogP contribution is 2.32. The summed E-state index contributed by atoms with van der Waals surface area (Å²) in [5.74, 6) is -0.977. The third-order valence-electron chi connectivity index (χ3n) is 3.48. The van der Waals surface area contributed by atoms with E-state index in [2.05, 4.69) is 10.6 Å². The smallest absolute Gasteiger partial charge is 0.336 e. The van der Waals surface area contributed by atoms with Gasteiger partial charge in [0.1, 0.15) is 0 Å². The van der Waals surface area contributed by atoms with E-state index < -0.39 is 23.6 Å². The van der Waals surface area contributed by atoms with Gasteiger partial charge in [-0.2, -0.15) is 13.2 Å². The Balaban J connectivity index is 2.35. The number of hydrogen-bond donors (Lipinski definition) is 2. The van der Waals surface area contributed by atoms with Crippen molar-refractivity contribution < 1.29 is 22.8 Å². The van der Waals surface area contributed by atoms with Crippen molar-refractivity contribution in [3.63, 3.8) is 0 Å². The number of piperazine rings is 1. The first-order valence-corrected chi connectivity index (χ1v) is 7.19. The van der Waals surface area contributed by atoms with Crippen LogP contribution in [0.3, 0.4) is 0 Å². The van der Waals surface area contributed by atoms with Crippen molar-refractivity contribution in [1.82, 2.24) is 10.2 Å². The lowest BCUT2D eigenvalue weighted by atomic mass is 10.1. The number of hydrogen-bond acceptors (Lipinski definition) is 3. The Labute approximate surface area is 131 Å². The summed E-state index contributed by atoms with van der Waals surface area (Å²) in [6.45, 7) is 4.53. The second-order valence-corrected chi connectivity index (χ2v) is 5.58. The van der Waals surface area contributed by atoms with E-state index in [0.717, 1.165) is 12.1 Å². The maximum atomic E-state index is 13.0. The third-order valence-corrected chi connectivity index (χ3v) is 3.48. The van der Waals surface area contributed by atoms with Gasteiger partial charge < -0.3 is 15.5 Å². The highest BCUT2D eigenvalue weighted by molar-refractivity contribution is 5.97. The van der Waals surface area contributed by atoms with Crippen molar-refractivity contribution in [3.05, 3.63) is 29.3 Å². The van der Waals surface area contributed by atoms with Crippen molar-refractivity contribution in [2.45, 2.75) is 26.1 Å². The van der Waals surface area contributed by atoms with E-state index in [1.54, 1.807) is 0 Å². The Hall–Kier alpha value is -2.09. The number of alkyl halides is 3. The van der Waals surface area contributed by atoms with E-state index in [9.17, 15) is 22.8 Å². The molecule has 0 aliphatic carbocycles. The van der Waals surface area contributed by atoms with Crippen LogP contribution in [0.5, 0.6) is 0 Å². The monoisotopic (exact) mass is 329 g/mol. The largest absolute Gasteiger partial charge is 0.416 e. The molecule has 1 saturated heterocycles. The zero-order valence-corrected chi connectivity index (χ0v) is 12.8. The van der Waals surface area contributed by atoms with E-state index in [-0.39, 0.29) is 17.3 Å². The Morgan fingerprint density at radius 1 is 1.30 bits per heavy atom. The van der Waals surface area contributed by atoms with Crippen LogP contribution in [0.25, 0.3) is 0 Å². The van der Waals surface area contributed by atoms with E-state index in [0.29, 0.717) is 19.6 Å². The van der Waals surface area contributed by atoms with Crippen molar-refractivity contribution in [2.75, 3.05) is 25.0 Å². The fraction of sp³-hybridized carbons (Fsp3) is 0.467. The standard InChI is InChI=1S/C15H18F3N3O2/c1-9-8-21(4-3-19-9)14(23)11-5-12(15(16,17)18)7-13(6-11)20-10(2)22/h5-7,9,19H,3-4,8H2,1-2H3,(H,20,22). The summed E-state index contributed by atoms with van der Waals surface area (Å²) >= 11 is 0. The number of halogens is 3. The first kappa shape index (κ1) is 17.3. The molecule has 1 aromatic carbocycles. The molecule has 1 unspecified atom stereocenters. The van der Waals surface area contributed by atoms with Gasteiger partial charge in [-0.05, 0) is 25.1 Å². The lowest BCUT2D eigenvalue weighted by molar-refractivity contribution is -0.137. The molecule has 1 heterocycles. The van der Waals surface area contributed by atoms with E-state index in [1.807, 2.05) is 6.92 Å². The lowest BCUT2D eigenvalue weighted by Crippen LogP contribution is -2.51. The average Bonchev–Trinajstić information content (AvgIpc) is 2.44. The number of nitrogens with zero attached hydrogens (tertiary/aromatic N) is 1. The van der Waals surface area contributed by atoms with Crippen LogP contribution in [0.4, 0.5) is 18.9 Å². The summed E-state index contributed by atoms with van der Waals surface area (Å²) in [5, 5.41) is 5.46. The van der Waals surface area contributed by atoms with Crippen LogP contribution in [-0.4, -0.2) is 42.4 Å². The molecule has 8 heteroatoms. The quantitative estimate of drug-likeness (QED) is 0.873. The number of carbonyl (C=O) groups excluding carboxylic acids is 2. The number of amides is 2. The first-order valence-electron chi connectivity index (χ1n) is 7.19. The molecule has 126 valence electrons. The van der Waals surface area contributed by atoms with Crippen LogP contribution in [-0.2, 0) is 11.0 Å². The SMILES string of the molecule is CC(=O)Nc1cc(C(=O)N2CCNC(C)C2)cc(C(F)(F)F)c1. The van der Waals surface area contributed by atoms with E-state index in [4.69, 9.17) is 0 Å². The third kappa shape index (κ3) is 4.44. The van der Waals surface area contributed by atoms with Gasteiger partial charge in [0.25, 0.3) is 5.91 Å². The fourth-order valence-electron chi connectivity index (χ4n) is 2.49. The van der Waals surface area contributed by atoms with Gasteiger partial charge in [-0.1, -0.05) is 0 Å². The minimum atomic E-state index is -4.60. The molecule has 1 aliphatic rings. The van der Waals surface area contributed by atoms with Crippen LogP contribution in [0.15, 0.2) is 18.2 Å². The average molecular weight is 329 g/mol. The highest BCUT2D eigenvalue weighted by atomic mass is 19.4. The minimum Gasteiger partial charge on any atom is -0.336 e. The zero-order chi connectivity index (χ0) is 17.2. The van der Waals surface area contributed by atoms with Gasteiger partial charge in [0.2, 0.25) is 5.91 Å². The molecule has 1 aliphatic heterocycles. The Morgan fingerprint density at radius 2 is 2.00 bits per heavy atom. The van der Waals surface area contributed by atoms with Crippen LogP contribution >= 0.6 is 0 Å². The minimum absolute atomic E-state index is 0.0427. The molecule has 0 saturated carbocycles.